The number of nitrogens with two attached hydrogens (primary N) is 1. The quantitative estimate of drug-likeness (QED) is 0.846. The second kappa shape index (κ2) is 6.06. The zero-order chi connectivity index (χ0) is 12.1. The number of hydrogen-bond donors (Lipinski definition) is 1. The Morgan fingerprint density at radius 2 is 2.19 bits per heavy atom. The fourth-order valence-corrected chi connectivity index (χ4v) is 2.21. The summed E-state index contributed by atoms with van der Waals surface area (Å²) in [6.45, 7) is 4.89. The molecule has 1 heterocycles. The molecule has 0 aliphatic heterocycles. The molecule has 1 atom stereocenters. The highest BCUT2D eigenvalue weighted by atomic mass is 32.2. The van der Waals surface area contributed by atoms with Gasteiger partial charge in [-0.2, -0.15) is 11.8 Å². The lowest BCUT2D eigenvalue weighted by atomic mass is 10.3. The standard InChI is InChI=1S/C11H20N4S/c1-8-5-10(12)14-11(13-8)6-15(3)9(2)7-16-4/h5,9H,6-7H2,1-4H3,(H2,12,13,14). The zero-order valence-electron chi connectivity index (χ0n) is 10.4. The van der Waals surface area contributed by atoms with Gasteiger partial charge in [-0.15, -0.1) is 0 Å². The maximum absolute atomic E-state index is 5.70. The molecule has 2 N–H and O–H groups in total. The molecule has 1 aromatic heterocycles. The average Bonchev–Trinajstić information content (AvgIpc) is 2.16. The summed E-state index contributed by atoms with van der Waals surface area (Å²) in [5.74, 6) is 2.46. The van der Waals surface area contributed by atoms with E-state index in [4.69, 9.17) is 5.73 Å². The predicted molar refractivity (Wildman–Crippen MR) is 70.5 cm³/mol. The number of nitrogens with zero attached hydrogens (tertiary/aromatic N) is 3. The molecule has 5 heteroatoms. The van der Waals surface area contributed by atoms with E-state index in [1.807, 2.05) is 18.7 Å². The summed E-state index contributed by atoms with van der Waals surface area (Å²) in [6.07, 6.45) is 2.12. The lowest BCUT2D eigenvalue weighted by Gasteiger charge is -2.23. The predicted octanol–water partition coefficient (Wildman–Crippen LogP) is 1.55. The molecule has 1 unspecified atom stereocenters. The second-order valence-corrected chi connectivity index (χ2v) is 4.98. The SMILES string of the molecule is CSCC(C)N(C)Cc1nc(C)cc(N)n1. The molecule has 0 aliphatic carbocycles. The first-order valence-electron chi connectivity index (χ1n) is 5.32. The Labute approximate surface area is 102 Å². The molecule has 1 aromatic rings. The third-order valence-electron chi connectivity index (χ3n) is 2.47. The van der Waals surface area contributed by atoms with Crippen LogP contribution in [0.2, 0.25) is 0 Å². The van der Waals surface area contributed by atoms with Crippen molar-refractivity contribution >= 4 is 17.6 Å². The lowest BCUT2D eigenvalue weighted by Crippen LogP contribution is -2.31. The molecule has 4 nitrogen and oxygen atoms in total. The van der Waals surface area contributed by atoms with Crippen LogP contribution in [-0.2, 0) is 6.54 Å². The van der Waals surface area contributed by atoms with Crippen molar-refractivity contribution < 1.29 is 0 Å². The van der Waals surface area contributed by atoms with Gasteiger partial charge >= 0.3 is 0 Å². The highest BCUT2D eigenvalue weighted by Crippen LogP contribution is 2.08. The van der Waals surface area contributed by atoms with Crippen molar-refractivity contribution in [3.05, 3.63) is 17.6 Å². The normalized spacial score (nSPS) is 13.1. The van der Waals surface area contributed by atoms with Crippen molar-refractivity contribution in [2.45, 2.75) is 26.4 Å². The van der Waals surface area contributed by atoms with Gasteiger partial charge in [0.2, 0.25) is 0 Å². The summed E-state index contributed by atoms with van der Waals surface area (Å²) in [4.78, 5) is 10.9. The van der Waals surface area contributed by atoms with Crippen LogP contribution in [0, 0.1) is 6.92 Å². The summed E-state index contributed by atoms with van der Waals surface area (Å²) in [5, 5.41) is 0. The van der Waals surface area contributed by atoms with E-state index in [0.29, 0.717) is 11.9 Å². The van der Waals surface area contributed by atoms with Crippen LogP contribution < -0.4 is 5.73 Å². The molecule has 90 valence electrons. The van der Waals surface area contributed by atoms with E-state index in [9.17, 15) is 0 Å². The van der Waals surface area contributed by atoms with Crippen LogP contribution in [0.5, 0.6) is 0 Å². The molecule has 0 bridgehead atoms. The van der Waals surface area contributed by atoms with Gasteiger partial charge in [-0.3, -0.25) is 4.90 Å². The minimum atomic E-state index is 0.514. The van der Waals surface area contributed by atoms with Crippen LogP contribution in [0.4, 0.5) is 5.82 Å². The van der Waals surface area contributed by atoms with E-state index < -0.39 is 0 Å². The maximum atomic E-state index is 5.70. The molecule has 0 radical (unpaired) electrons. The van der Waals surface area contributed by atoms with Crippen molar-refractivity contribution in [3.63, 3.8) is 0 Å². The highest BCUT2D eigenvalue weighted by molar-refractivity contribution is 7.98. The summed E-state index contributed by atoms with van der Waals surface area (Å²) < 4.78 is 0. The van der Waals surface area contributed by atoms with Crippen LogP contribution in [0.15, 0.2) is 6.07 Å². The van der Waals surface area contributed by atoms with Gasteiger partial charge < -0.3 is 5.73 Å². The molecule has 0 spiro atoms. The molecule has 1 rings (SSSR count). The van der Waals surface area contributed by atoms with E-state index in [2.05, 4.69) is 35.1 Å². The Hall–Kier alpha value is -0.810. The van der Waals surface area contributed by atoms with Crippen molar-refractivity contribution in [3.8, 4) is 0 Å². The van der Waals surface area contributed by atoms with E-state index in [0.717, 1.165) is 23.8 Å². The molecular weight excluding hydrogens is 220 g/mol. The van der Waals surface area contributed by atoms with Crippen LogP contribution in [0.3, 0.4) is 0 Å². The fourth-order valence-electron chi connectivity index (χ4n) is 1.47. The smallest absolute Gasteiger partial charge is 0.144 e. The molecular formula is C11H20N4S. The van der Waals surface area contributed by atoms with Gasteiger partial charge in [-0.1, -0.05) is 0 Å². The number of anilines is 1. The van der Waals surface area contributed by atoms with Crippen LogP contribution in [-0.4, -0.2) is 40.0 Å². The van der Waals surface area contributed by atoms with Crippen molar-refractivity contribution in [2.75, 3.05) is 24.8 Å². The minimum Gasteiger partial charge on any atom is -0.384 e. The molecule has 0 saturated heterocycles. The van der Waals surface area contributed by atoms with E-state index >= 15 is 0 Å². The molecule has 0 aliphatic rings. The van der Waals surface area contributed by atoms with Crippen LogP contribution >= 0.6 is 11.8 Å². The zero-order valence-corrected chi connectivity index (χ0v) is 11.2. The molecule has 0 saturated carbocycles. The number of thioether (sulfide) groups is 1. The Balaban J connectivity index is 2.65. The molecule has 0 amide bonds. The Kier molecular flexibility index (Phi) is 5.02. The highest BCUT2D eigenvalue weighted by Gasteiger charge is 2.10. The Morgan fingerprint density at radius 1 is 1.50 bits per heavy atom. The number of aromatic nitrogens is 2. The van der Waals surface area contributed by atoms with Gasteiger partial charge in [0.05, 0.1) is 6.54 Å². The van der Waals surface area contributed by atoms with Gasteiger partial charge in [0, 0.05) is 23.6 Å². The second-order valence-electron chi connectivity index (χ2n) is 4.07. The van der Waals surface area contributed by atoms with Gasteiger partial charge in [0.1, 0.15) is 11.6 Å². The summed E-state index contributed by atoms with van der Waals surface area (Å²) >= 11 is 1.85. The monoisotopic (exact) mass is 240 g/mol. The van der Waals surface area contributed by atoms with Crippen molar-refractivity contribution in [2.24, 2.45) is 0 Å². The lowest BCUT2D eigenvalue weighted by molar-refractivity contribution is 0.263. The van der Waals surface area contributed by atoms with Gasteiger partial charge in [-0.25, -0.2) is 9.97 Å². The van der Waals surface area contributed by atoms with Gasteiger partial charge in [-0.05, 0) is 27.2 Å². The van der Waals surface area contributed by atoms with E-state index in [1.165, 1.54) is 0 Å². The summed E-state index contributed by atoms with van der Waals surface area (Å²) in [5.41, 5.74) is 6.62. The summed E-state index contributed by atoms with van der Waals surface area (Å²) in [7, 11) is 2.09. The fraction of sp³-hybridized carbons (Fsp3) is 0.636. The van der Waals surface area contributed by atoms with Crippen LogP contribution in [0.25, 0.3) is 0 Å². The van der Waals surface area contributed by atoms with Gasteiger partial charge in [0.15, 0.2) is 0 Å². The molecule has 0 fully saturated rings. The number of hydrogen-bond acceptors (Lipinski definition) is 5. The number of nitrogen functional groups attached to an aromatic ring is 1. The van der Waals surface area contributed by atoms with E-state index in [1.54, 1.807) is 6.07 Å². The first kappa shape index (κ1) is 13.3. The maximum Gasteiger partial charge on any atom is 0.144 e. The molecule has 16 heavy (non-hydrogen) atoms. The Bertz CT molecular complexity index is 323. The summed E-state index contributed by atoms with van der Waals surface area (Å²) in [6, 6.07) is 2.30. The third kappa shape index (κ3) is 3.98. The minimum absolute atomic E-state index is 0.514. The molecule has 0 aromatic carbocycles. The third-order valence-corrected chi connectivity index (χ3v) is 3.29. The van der Waals surface area contributed by atoms with Gasteiger partial charge in [0.25, 0.3) is 0 Å². The first-order valence-corrected chi connectivity index (χ1v) is 6.71. The van der Waals surface area contributed by atoms with Crippen molar-refractivity contribution in [1.82, 2.24) is 14.9 Å². The first-order chi connectivity index (χ1) is 7.52. The number of rotatable bonds is 5. The van der Waals surface area contributed by atoms with Crippen LogP contribution in [0.1, 0.15) is 18.4 Å². The topological polar surface area (TPSA) is 55.0 Å². The van der Waals surface area contributed by atoms with Crippen molar-refractivity contribution in [1.29, 1.82) is 0 Å². The van der Waals surface area contributed by atoms with E-state index in [-0.39, 0.29) is 0 Å². The largest absolute Gasteiger partial charge is 0.384 e. The number of aryl methyl sites for hydroxylation is 1. The average molecular weight is 240 g/mol. The Morgan fingerprint density at radius 3 is 2.75 bits per heavy atom.